The average molecular weight is 444 g/mol. The summed E-state index contributed by atoms with van der Waals surface area (Å²) in [4.78, 5) is 2.33. The number of hydrogen-bond donors (Lipinski definition) is 1. The van der Waals surface area contributed by atoms with Crippen LogP contribution in [0.3, 0.4) is 0 Å². The molecular weight excluding hydrogens is 421 g/mol. The minimum atomic E-state index is -0.448. The third-order valence-electron chi connectivity index (χ3n) is 3.54. The van der Waals surface area contributed by atoms with Crippen molar-refractivity contribution in [1.82, 2.24) is 4.90 Å². The van der Waals surface area contributed by atoms with E-state index in [4.69, 9.17) is 4.74 Å². The molecule has 0 aromatic heterocycles. The van der Waals surface area contributed by atoms with Gasteiger partial charge in [-0.2, -0.15) is 0 Å². The average Bonchev–Trinajstić information content (AvgIpc) is 2.37. The number of rotatable bonds is 5. The molecule has 0 spiro atoms. The van der Waals surface area contributed by atoms with E-state index in [1.807, 2.05) is 18.2 Å². The summed E-state index contributed by atoms with van der Waals surface area (Å²) >= 11 is 6.86. The molecule has 1 aromatic rings. The van der Waals surface area contributed by atoms with Crippen LogP contribution in [-0.4, -0.2) is 42.4 Å². The van der Waals surface area contributed by atoms with E-state index in [9.17, 15) is 5.11 Å². The predicted molar refractivity (Wildman–Crippen MR) is 95.4 cm³/mol. The largest absolute Gasteiger partial charge is 0.490 e. The fraction of sp³-hybridized carbons (Fsp3) is 0.600. The van der Waals surface area contributed by atoms with Crippen LogP contribution in [0.15, 0.2) is 27.1 Å². The van der Waals surface area contributed by atoms with E-state index in [1.54, 1.807) is 0 Å². The molecule has 21 heavy (non-hydrogen) atoms. The van der Waals surface area contributed by atoms with E-state index >= 15 is 0 Å². The molecule has 2 unspecified atom stereocenters. The Balaban J connectivity index is 0.00000220. The van der Waals surface area contributed by atoms with Gasteiger partial charge in [-0.3, -0.25) is 0 Å². The topological polar surface area (TPSA) is 32.7 Å². The molecule has 120 valence electrons. The SMILES string of the molecule is CC1CCCN(CC(O)COc2ccc(Br)cc2Br)C1.Cl. The molecule has 0 bridgehead atoms. The molecule has 1 saturated heterocycles. The smallest absolute Gasteiger partial charge is 0.133 e. The minimum absolute atomic E-state index is 0. The lowest BCUT2D eigenvalue weighted by Crippen LogP contribution is -2.41. The summed E-state index contributed by atoms with van der Waals surface area (Å²) < 4.78 is 7.57. The number of halogens is 3. The summed E-state index contributed by atoms with van der Waals surface area (Å²) in [7, 11) is 0. The molecule has 1 aliphatic rings. The first-order chi connectivity index (χ1) is 9.54. The molecule has 2 atom stereocenters. The highest BCUT2D eigenvalue weighted by Crippen LogP contribution is 2.28. The summed E-state index contributed by atoms with van der Waals surface area (Å²) in [5, 5.41) is 10.1. The van der Waals surface area contributed by atoms with E-state index in [-0.39, 0.29) is 12.4 Å². The Morgan fingerprint density at radius 2 is 2.19 bits per heavy atom. The van der Waals surface area contributed by atoms with Crippen molar-refractivity contribution in [3.63, 3.8) is 0 Å². The number of aliphatic hydroxyl groups is 1. The standard InChI is InChI=1S/C15H21Br2NO2.ClH/c1-11-3-2-6-18(8-11)9-13(19)10-20-15-5-4-12(16)7-14(15)17;/h4-5,7,11,13,19H,2-3,6,8-10H2,1H3;1H. The first-order valence-electron chi connectivity index (χ1n) is 7.03. The lowest BCUT2D eigenvalue weighted by atomic mass is 10.0. The Hall–Kier alpha value is 0.190. The molecule has 1 N–H and O–H groups in total. The fourth-order valence-corrected chi connectivity index (χ4v) is 3.74. The van der Waals surface area contributed by atoms with Gasteiger partial charge in [-0.15, -0.1) is 12.4 Å². The second kappa shape index (κ2) is 9.36. The quantitative estimate of drug-likeness (QED) is 0.744. The van der Waals surface area contributed by atoms with Crippen molar-refractivity contribution < 1.29 is 9.84 Å². The van der Waals surface area contributed by atoms with Gasteiger partial charge < -0.3 is 14.7 Å². The zero-order valence-corrected chi connectivity index (χ0v) is 16.1. The maximum absolute atomic E-state index is 10.1. The maximum atomic E-state index is 10.1. The highest BCUT2D eigenvalue weighted by Gasteiger charge is 2.19. The molecule has 1 fully saturated rings. The number of aliphatic hydroxyl groups excluding tert-OH is 1. The zero-order chi connectivity index (χ0) is 14.5. The lowest BCUT2D eigenvalue weighted by molar-refractivity contribution is 0.0535. The summed E-state index contributed by atoms with van der Waals surface area (Å²) in [5.41, 5.74) is 0. The molecule has 3 nitrogen and oxygen atoms in total. The molecule has 0 amide bonds. The van der Waals surface area contributed by atoms with Crippen molar-refractivity contribution in [2.75, 3.05) is 26.2 Å². The van der Waals surface area contributed by atoms with Crippen molar-refractivity contribution in [3.05, 3.63) is 27.1 Å². The third-order valence-corrected chi connectivity index (χ3v) is 4.65. The molecular formula is C15H22Br2ClNO2. The second-order valence-corrected chi connectivity index (χ2v) is 7.32. The van der Waals surface area contributed by atoms with Gasteiger partial charge in [0, 0.05) is 17.6 Å². The van der Waals surface area contributed by atoms with E-state index in [2.05, 4.69) is 43.7 Å². The van der Waals surface area contributed by atoms with Crippen molar-refractivity contribution >= 4 is 44.3 Å². The highest BCUT2D eigenvalue weighted by atomic mass is 79.9. The summed E-state index contributed by atoms with van der Waals surface area (Å²) in [6, 6.07) is 5.76. The third kappa shape index (κ3) is 6.45. The fourth-order valence-electron chi connectivity index (χ4n) is 2.58. The molecule has 0 saturated carbocycles. The van der Waals surface area contributed by atoms with E-state index in [1.165, 1.54) is 12.8 Å². The predicted octanol–water partition coefficient (Wildman–Crippen LogP) is 4.11. The maximum Gasteiger partial charge on any atom is 0.133 e. The summed E-state index contributed by atoms with van der Waals surface area (Å²) in [6.45, 7) is 5.46. The van der Waals surface area contributed by atoms with Crippen LogP contribution in [0, 0.1) is 5.92 Å². The Morgan fingerprint density at radius 3 is 2.86 bits per heavy atom. The first-order valence-corrected chi connectivity index (χ1v) is 8.61. The van der Waals surface area contributed by atoms with Gasteiger partial charge in [-0.25, -0.2) is 0 Å². The van der Waals surface area contributed by atoms with Crippen LogP contribution in [0.1, 0.15) is 19.8 Å². The van der Waals surface area contributed by atoms with Gasteiger partial charge >= 0.3 is 0 Å². The molecule has 1 aliphatic heterocycles. The number of benzene rings is 1. The Labute approximate surface area is 149 Å². The van der Waals surface area contributed by atoms with Gasteiger partial charge in [-0.05, 0) is 59.4 Å². The molecule has 1 heterocycles. The van der Waals surface area contributed by atoms with Gasteiger partial charge in [-0.1, -0.05) is 22.9 Å². The molecule has 0 aliphatic carbocycles. The summed E-state index contributed by atoms with van der Waals surface area (Å²) in [6.07, 6.45) is 2.08. The van der Waals surface area contributed by atoms with E-state index in [0.717, 1.165) is 33.7 Å². The Kier molecular flexibility index (Phi) is 8.57. The molecule has 2 rings (SSSR count). The molecule has 6 heteroatoms. The van der Waals surface area contributed by atoms with Crippen molar-refractivity contribution in [2.24, 2.45) is 5.92 Å². The molecule has 0 radical (unpaired) electrons. The molecule has 1 aromatic carbocycles. The van der Waals surface area contributed by atoms with Crippen molar-refractivity contribution in [3.8, 4) is 5.75 Å². The minimum Gasteiger partial charge on any atom is -0.490 e. The first kappa shape index (κ1) is 19.2. The van der Waals surface area contributed by atoms with Gasteiger partial charge in [0.1, 0.15) is 18.5 Å². The number of ether oxygens (including phenoxy) is 1. The highest BCUT2D eigenvalue weighted by molar-refractivity contribution is 9.11. The Morgan fingerprint density at radius 1 is 1.43 bits per heavy atom. The lowest BCUT2D eigenvalue weighted by Gasteiger charge is -2.32. The van der Waals surface area contributed by atoms with Gasteiger partial charge in [0.15, 0.2) is 0 Å². The van der Waals surface area contributed by atoms with E-state index < -0.39 is 6.10 Å². The van der Waals surface area contributed by atoms with Crippen LogP contribution in [0.5, 0.6) is 5.75 Å². The summed E-state index contributed by atoms with van der Waals surface area (Å²) in [5.74, 6) is 1.50. The van der Waals surface area contributed by atoms with Crippen molar-refractivity contribution in [2.45, 2.75) is 25.9 Å². The Bertz CT molecular complexity index is 448. The number of hydrogen-bond acceptors (Lipinski definition) is 3. The number of likely N-dealkylation sites (tertiary alicyclic amines) is 1. The zero-order valence-electron chi connectivity index (χ0n) is 12.1. The van der Waals surface area contributed by atoms with Gasteiger partial charge in [0.05, 0.1) is 4.47 Å². The van der Waals surface area contributed by atoms with Crippen molar-refractivity contribution in [1.29, 1.82) is 0 Å². The monoisotopic (exact) mass is 441 g/mol. The van der Waals surface area contributed by atoms with Crippen LogP contribution < -0.4 is 4.74 Å². The van der Waals surface area contributed by atoms with E-state index in [0.29, 0.717) is 13.2 Å². The number of nitrogens with zero attached hydrogens (tertiary/aromatic N) is 1. The van der Waals surface area contributed by atoms with Crippen LogP contribution in [-0.2, 0) is 0 Å². The van der Waals surface area contributed by atoms with Gasteiger partial charge in [0.2, 0.25) is 0 Å². The number of β-amino-alcohol motifs (C(OH)–C–C–N with tert-alkyl or cyclic N) is 1. The van der Waals surface area contributed by atoms with Crippen LogP contribution in [0.25, 0.3) is 0 Å². The van der Waals surface area contributed by atoms with Crippen LogP contribution >= 0.6 is 44.3 Å². The van der Waals surface area contributed by atoms with Crippen LogP contribution in [0.2, 0.25) is 0 Å². The number of piperidine rings is 1. The normalized spacial score (nSPS) is 20.7. The second-order valence-electron chi connectivity index (χ2n) is 5.55. The van der Waals surface area contributed by atoms with Crippen LogP contribution in [0.4, 0.5) is 0 Å². The van der Waals surface area contributed by atoms with Gasteiger partial charge in [0.25, 0.3) is 0 Å².